The molecule has 0 unspecified atom stereocenters. The molecule has 6 heteroatoms. The third kappa shape index (κ3) is 3.43. The lowest BCUT2D eigenvalue weighted by Gasteiger charge is -2.23. The molecule has 0 atom stereocenters. The fourth-order valence-electron chi connectivity index (χ4n) is 1.48. The van der Waals surface area contributed by atoms with Gasteiger partial charge in [0.05, 0.1) is 11.3 Å². The molecule has 2 amide bonds. The largest absolute Gasteiger partial charge is 0.382 e. The second kappa shape index (κ2) is 5.69. The van der Waals surface area contributed by atoms with E-state index in [4.69, 9.17) is 5.73 Å². The summed E-state index contributed by atoms with van der Waals surface area (Å²) < 4.78 is 13.7. The first-order chi connectivity index (χ1) is 8.79. The van der Waals surface area contributed by atoms with E-state index < -0.39 is 23.2 Å². The zero-order valence-electron chi connectivity index (χ0n) is 11.2. The van der Waals surface area contributed by atoms with Crippen LogP contribution in [0.5, 0.6) is 0 Å². The Labute approximate surface area is 111 Å². The Bertz CT molecular complexity index is 501. The van der Waals surface area contributed by atoms with Crippen LogP contribution in [0, 0.1) is 5.82 Å². The molecule has 104 valence electrons. The number of anilines is 1. The summed E-state index contributed by atoms with van der Waals surface area (Å²) in [7, 11) is 0. The van der Waals surface area contributed by atoms with Crippen LogP contribution in [-0.4, -0.2) is 23.9 Å². The van der Waals surface area contributed by atoms with Crippen molar-refractivity contribution in [2.24, 2.45) is 5.73 Å². The van der Waals surface area contributed by atoms with Crippen molar-refractivity contribution in [2.45, 2.75) is 26.3 Å². The molecule has 1 rings (SSSR count). The summed E-state index contributed by atoms with van der Waals surface area (Å²) in [4.78, 5) is 23.3. The Hall–Kier alpha value is -2.11. The summed E-state index contributed by atoms with van der Waals surface area (Å²) in [6.07, 6.45) is 0. The lowest BCUT2D eigenvalue weighted by Crippen LogP contribution is -2.53. The Morgan fingerprint density at radius 1 is 1.37 bits per heavy atom. The number of nitrogens with two attached hydrogens (primary N) is 1. The van der Waals surface area contributed by atoms with E-state index in [1.54, 1.807) is 6.92 Å². The van der Waals surface area contributed by atoms with Gasteiger partial charge in [0.2, 0.25) is 5.91 Å². The quantitative estimate of drug-likeness (QED) is 0.750. The third-order valence-corrected chi connectivity index (χ3v) is 2.65. The maximum absolute atomic E-state index is 13.7. The van der Waals surface area contributed by atoms with Crippen LogP contribution in [0.15, 0.2) is 18.2 Å². The number of hydrogen-bond acceptors (Lipinski definition) is 3. The van der Waals surface area contributed by atoms with Gasteiger partial charge in [-0.25, -0.2) is 4.39 Å². The first kappa shape index (κ1) is 14.9. The molecule has 0 bridgehead atoms. The van der Waals surface area contributed by atoms with Crippen LogP contribution in [0.4, 0.5) is 10.1 Å². The van der Waals surface area contributed by atoms with Crippen molar-refractivity contribution in [3.05, 3.63) is 29.6 Å². The topological polar surface area (TPSA) is 84.2 Å². The van der Waals surface area contributed by atoms with Crippen LogP contribution in [-0.2, 0) is 4.79 Å². The molecule has 0 aliphatic heterocycles. The normalized spacial score (nSPS) is 10.9. The van der Waals surface area contributed by atoms with Gasteiger partial charge in [-0.15, -0.1) is 0 Å². The van der Waals surface area contributed by atoms with E-state index in [1.165, 1.54) is 32.0 Å². The van der Waals surface area contributed by atoms with Gasteiger partial charge in [-0.2, -0.15) is 0 Å². The molecule has 0 aromatic heterocycles. The first-order valence-corrected chi connectivity index (χ1v) is 5.94. The SMILES string of the molecule is CCNc1c(F)cccc1C(=O)NC(C)(C)C(N)=O. The second-order valence-corrected chi connectivity index (χ2v) is 4.64. The van der Waals surface area contributed by atoms with Crippen molar-refractivity contribution in [1.29, 1.82) is 0 Å². The molecule has 0 aliphatic rings. The van der Waals surface area contributed by atoms with Crippen LogP contribution in [0.3, 0.4) is 0 Å². The highest BCUT2D eigenvalue weighted by Gasteiger charge is 2.28. The van der Waals surface area contributed by atoms with Gasteiger partial charge < -0.3 is 16.4 Å². The van der Waals surface area contributed by atoms with E-state index in [9.17, 15) is 14.0 Å². The van der Waals surface area contributed by atoms with Gasteiger partial charge in [0.1, 0.15) is 11.4 Å². The summed E-state index contributed by atoms with van der Waals surface area (Å²) in [6, 6.07) is 4.17. The van der Waals surface area contributed by atoms with Gasteiger partial charge in [-0.3, -0.25) is 9.59 Å². The summed E-state index contributed by atoms with van der Waals surface area (Å²) in [5, 5.41) is 5.27. The predicted molar refractivity (Wildman–Crippen MR) is 71.3 cm³/mol. The van der Waals surface area contributed by atoms with Gasteiger partial charge in [-0.05, 0) is 32.9 Å². The zero-order valence-corrected chi connectivity index (χ0v) is 11.2. The minimum Gasteiger partial charge on any atom is -0.382 e. The standard InChI is InChI=1S/C13H18FN3O2/c1-4-16-10-8(6-5-7-9(10)14)11(18)17-13(2,3)12(15)19/h5-7,16H,4H2,1-3H3,(H2,15,19)(H,17,18). The maximum atomic E-state index is 13.7. The van der Waals surface area contributed by atoms with Crippen LogP contribution >= 0.6 is 0 Å². The molecule has 0 heterocycles. The van der Waals surface area contributed by atoms with E-state index in [0.29, 0.717) is 6.54 Å². The molecule has 1 aromatic carbocycles. The number of nitrogens with one attached hydrogen (secondary N) is 2. The fraction of sp³-hybridized carbons (Fsp3) is 0.385. The minimum atomic E-state index is -1.20. The van der Waals surface area contributed by atoms with Crippen LogP contribution < -0.4 is 16.4 Å². The van der Waals surface area contributed by atoms with Crippen molar-refractivity contribution >= 4 is 17.5 Å². The molecule has 0 saturated heterocycles. The molecular formula is C13H18FN3O2. The Morgan fingerprint density at radius 2 is 2.00 bits per heavy atom. The Morgan fingerprint density at radius 3 is 2.53 bits per heavy atom. The number of primary amides is 1. The van der Waals surface area contributed by atoms with E-state index >= 15 is 0 Å². The summed E-state index contributed by atoms with van der Waals surface area (Å²) in [5.74, 6) is -1.74. The number of carbonyl (C=O) groups is 2. The van der Waals surface area contributed by atoms with Gasteiger partial charge in [-0.1, -0.05) is 6.07 Å². The number of carbonyl (C=O) groups excluding carboxylic acids is 2. The maximum Gasteiger partial charge on any atom is 0.254 e. The molecule has 0 radical (unpaired) electrons. The van der Waals surface area contributed by atoms with Crippen LogP contribution in [0.1, 0.15) is 31.1 Å². The average molecular weight is 267 g/mol. The summed E-state index contributed by atoms with van der Waals surface area (Å²) in [5.41, 5.74) is 4.23. The van der Waals surface area contributed by atoms with Gasteiger partial charge in [0, 0.05) is 6.54 Å². The molecule has 0 aliphatic carbocycles. The van der Waals surface area contributed by atoms with E-state index in [-0.39, 0.29) is 11.3 Å². The van der Waals surface area contributed by atoms with E-state index in [0.717, 1.165) is 0 Å². The molecule has 4 N–H and O–H groups in total. The lowest BCUT2D eigenvalue weighted by molar-refractivity contribution is -0.122. The molecule has 0 fully saturated rings. The fourth-order valence-corrected chi connectivity index (χ4v) is 1.48. The molecule has 19 heavy (non-hydrogen) atoms. The molecule has 0 spiro atoms. The van der Waals surface area contributed by atoms with Gasteiger partial charge in [0.25, 0.3) is 5.91 Å². The zero-order chi connectivity index (χ0) is 14.6. The van der Waals surface area contributed by atoms with Crippen molar-refractivity contribution in [3.63, 3.8) is 0 Å². The highest BCUT2D eigenvalue weighted by atomic mass is 19.1. The highest BCUT2D eigenvalue weighted by molar-refractivity contribution is 6.02. The van der Waals surface area contributed by atoms with Crippen LogP contribution in [0.2, 0.25) is 0 Å². The Kier molecular flexibility index (Phi) is 4.47. The van der Waals surface area contributed by atoms with E-state index in [1.807, 2.05) is 0 Å². The number of rotatable bonds is 5. The number of benzene rings is 1. The highest BCUT2D eigenvalue weighted by Crippen LogP contribution is 2.20. The van der Waals surface area contributed by atoms with E-state index in [2.05, 4.69) is 10.6 Å². The van der Waals surface area contributed by atoms with Crippen molar-refractivity contribution in [1.82, 2.24) is 5.32 Å². The molecular weight excluding hydrogens is 249 g/mol. The number of hydrogen-bond donors (Lipinski definition) is 3. The summed E-state index contributed by atoms with van der Waals surface area (Å²) in [6.45, 7) is 5.24. The molecule has 1 aromatic rings. The average Bonchev–Trinajstić information content (AvgIpc) is 2.31. The van der Waals surface area contributed by atoms with Gasteiger partial charge in [0.15, 0.2) is 0 Å². The molecule has 5 nitrogen and oxygen atoms in total. The number of amides is 2. The van der Waals surface area contributed by atoms with Gasteiger partial charge >= 0.3 is 0 Å². The summed E-state index contributed by atoms with van der Waals surface area (Å²) >= 11 is 0. The number of para-hydroxylation sites is 1. The van der Waals surface area contributed by atoms with Crippen molar-refractivity contribution < 1.29 is 14.0 Å². The third-order valence-electron chi connectivity index (χ3n) is 2.65. The minimum absolute atomic E-state index is 0.114. The van der Waals surface area contributed by atoms with Crippen molar-refractivity contribution in [3.8, 4) is 0 Å². The second-order valence-electron chi connectivity index (χ2n) is 4.64. The molecule has 0 saturated carbocycles. The lowest BCUT2D eigenvalue weighted by atomic mass is 10.0. The number of halogens is 1. The first-order valence-electron chi connectivity index (χ1n) is 5.94. The van der Waals surface area contributed by atoms with Crippen LogP contribution in [0.25, 0.3) is 0 Å². The Balaban J connectivity index is 3.07. The monoisotopic (exact) mass is 267 g/mol. The van der Waals surface area contributed by atoms with Crippen molar-refractivity contribution in [2.75, 3.05) is 11.9 Å². The smallest absolute Gasteiger partial charge is 0.254 e. The predicted octanol–water partition coefficient (Wildman–Crippen LogP) is 1.25.